The van der Waals surface area contributed by atoms with E-state index >= 15 is 0 Å². The van der Waals surface area contributed by atoms with Crippen LogP contribution in [0.15, 0.2) is 18.2 Å². The Morgan fingerprint density at radius 1 is 1.29 bits per heavy atom. The van der Waals surface area contributed by atoms with Gasteiger partial charge in [-0.15, -0.1) is 0 Å². The SMILES string of the molecule is CCC(F)(F)c1ccc2c(c1)OCO2. The molecule has 4 heteroatoms. The van der Waals surface area contributed by atoms with E-state index < -0.39 is 5.92 Å². The molecule has 0 amide bonds. The van der Waals surface area contributed by atoms with Gasteiger partial charge in [0.1, 0.15) is 0 Å². The Morgan fingerprint density at radius 2 is 2.00 bits per heavy atom. The smallest absolute Gasteiger partial charge is 0.273 e. The van der Waals surface area contributed by atoms with Gasteiger partial charge >= 0.3 is 0 Å². The van der Waals surface area contributed by atoms with Crippen LogP contribution in [-0.4, -0.2) is 6.79 Å². The lowest BCUT2D eigenvalue weighted by Crippen LogP contribution is -2.10. The molecule has 0 unspecified atom stereocenters. The van der Waals surface area contributed by atoms with Gasteiger partial charge in [-0.05, 0) is 18.2 Å². The van der Waals surface area contributed by atoms with Gasteiger partial charge in [0.15, 0.2) is 11.5 Å². The largest absolute Gasteiger partial charge is 0.454 e. The van der Waals surface area contributed by atoms with E-state index in [0.717, 1.165) is 0 Å². The van der Waals surface area contributed by atoms with E-state index in [1.54, 1.807) is 0 Å². The van der Waals surface area contributed by atoms with Crippen molar-refractivity contribution in [3.63, 3.8) is 0 Å². The van der Waals surface area contributed by atoms with E-state index in [9.17, 15) is 8.78 Å². The van der Waals surface area contributed by atoms with Crippen molar-refractivity contribution in [2.24, 2.45) is 0 Å². The molecule has 0 spiro atoms. The molecule has 0 atom stereocenters. The van der Waals surface area contributed by atoms with Gasteiger partial charge in [0.2, 0.25) is 6.79 Å². The molecule has 2 rings (SSSR count). The normalized spacial score (nSPS) is 14.5. The van der Waals surface area contributed by atoms with Crippen molar-refractivity contribution in [1.29, 1.82) is 0 Å². The second-order valence-corrected chi connectivity index (χ2v) is 3.13. The average molecular weight is 200 g/mol. The fourth-order valence-electron chi connectivity index (χ4n) is 1.33. The highest BCUT2D eigenvalue weighted by Crippen LogP contribution is 2.39. The van der Waals surface area contributed by atoms with Gasteiger partial charge in [-0.25, -0.2) is 8.78 Å². The van der Waals surface area contributed by atoms with Crippen LogP contribution >= 0.6 is 0 Å². The van der Waals surface area contributed by atoms with Crippen molar-refractivity contribution in [2.45, 2.75) is 19.3 Å². The maximum absolute atomic E-state index is 13.3. The summed E-state index contributed by atoms with van der Waals surface area (Å²) in [5.74, 6) is -1.86. The zero-order valence-corrected chi connectivity index (χ0v) is 7.72. The molecule has 1 heterocycles. The van der Waals surface area contributed by atoms with Crippen molar-refractivity contribution >= 4 is 0 Å². The lowest BCUT2D eigenvalue weighted by Gasteiger charge is -2.14. The third-order valence-electron chi connectivity index (χ3n) is 2.24. The number of alkyl halides is 2. The minimum atomic E-state index is -2.79. The van der Waals surface area contributed by atoms with Crippen molar-refractivity contribution in [1.82, 2.24) is 0 Å². The molecular formula is C10H10F2O2. The number of hydrogen-bond acceptors (Lipinski definition) is 2. The number of benzene rings is 1. The Labute approximate surface area is 80.4 Å². The van der Waals surface area contributed by atoms with E-state index in [-0.39, 0.29) is 18.8 Å². The summed E-state index contributed by atoms with van der Waals surface area (Å²) in [7, 11) is 0. The Bertz CT molecular complexity index is 350. The van der Waals surface area contributed by atoms with Crippen LogP contribution in [-0.2, 0) is 5.92 Å². The number of ether oxygens (including phenoxy) is 2. The highest BCUT2D eigenvalue weighted by Gasteiger charge is 2.30. The van der Waals surface area contributed by atoms with Gasteiger partial charge < -0.3 is 9.47 Å². The van der Waals surface area contributed by atoms with E-state index in [4.69, 9.17) is 9.47 Å². The second-order valence-electron chi connectivity index (χ2n) is 3.13. The summed E-state index contributed by atoms with van der Waals surface area (Å²) in [4.78, 5) is 0. The maximum Gasteiger partial charge on any atom is 0.273 e. The number of rotatable bonds is 2. The molecule has 1 aliphatic heterocycles. The van der Waals surface area contributed by atoms with Crippen LogP contribution in [0.5, 0.6) is 11.5 Å². The molecule has 0 bridgehead atoms. The Hall–Kier alpha value is -1.32. The first-order valence-corrected chi connectivity index (χ1v) is 4.41. The fourth-order valence-corrected chi connectivity index (χ4v) is 1.33. The molecule has 0 aromatic heterocycles. The van der Waals surface area contributed by atoms with Crippen LogP contribution in [0.1, 0.15) is 18.9 Å². The van der Waals surface area contributed by atoms with Gasteiger partial charge in [0, 0.05) is 12.0 Å². The van der Waals surface area contributed by atoms with Crippen LogP contribution < -0.4 is 9.47 Å². The summed E-state index contributed by atoms with van der Waals surface area (Å²) < 4.78 is 36.6. The highest BCUT2D eigenvalue weighted by atomic mass is 19.3. The molecule has 1 aliphatic rings. The molecule has 0 aliphatic carbocycles. The minimum Gasteiger partial charge on any atom is -0.454 e. The van der Waals surface area contributed by atoms with Crippen LogP contribution in [0.4, 0.5) is 8.78 Å². The van der Waals surface area contributed by atoms with E-state index in [1.165, 1.54) is 25.1 Å². The molecule has 0 fully saturated rings. The lowest BCUT2D eigenvalue weighted by atomic mass is 10.1. The predicted molar refractivity (Wildman–Crippen MR) is 46.8 cm³/mol. The first-order chi connectivity index (χ1) is 6.63. The van der Waals surface area contributed by atoms with Crippen molar-refractivity contribution in [3.05, 3.63) is 23.8 Å². The lowest BCUT2D eigenvalue weighted by molar-refractivity contribution is -0.00844. The molecule has 0 radical (unpaired) electrons. The monoisotopic (exact) mass is 200 g/mol. The van der Waals surface area contributed by atoms with Gasteiger partial charge in [-0.3, -0.25) is 0 Å². The zero-order valence-electron chi connectivity index (χ0n) is 7.72. The van der Waals surface area contributed by atoms with E-state index in [2.05, 4.69) is 0 Å². The highest BCUT2D eigenvalue weighted by molar-refractivity contribution is 5.45. The average Bonchev–Trinajstić information content (AvgIpc) is 2.64. The van der Waals surface area contributed by atoms with E-state index in [1.807, 2.05) is 0 Å². The predicted octanol–water partition coefficient (Wildman–Crippen LogP) is 2.92. The summed E-state index contributed by atoms with van der Waals surface area (Å²) in [5.41, 5.74) is -0.0238. The first kappa shape index (κ1) is 9.24. The quantitative estimate of drug-likeness (QED) is 0.730. The first-order valence-electron chi connectivity index (χ1n) is 4.41. The van der Waals surface area contributed by atoms with Gasteiger partial charge in [-0.2, -0.15) is 0 Å². The molecule has 0 saturated carbocycles. The molecule has 1 aromatic carbocycles. The minimum absolute atomic E-state index is 0.0238. The molecule has 0 N–H and O–H groups in total. The van der Waals surface area contributed by atoms with Crippen molar-refractivity contribution < 1.29 is 18.3 Å². The van der Waals surface area contributed by atoms with Crippen molar-refractivity contribution in [3.8, 4) is 11.5 Å². The van der Waals surface area contributed by atoms with Crippen LogP contribution in [0.3, 0.4) is 0 Å². The van der Waals surface area contributed by atoms with Gasteiger partial charge in [-0.1, -0.05) is 6.92 Å². The Balaban J connectivity index is 2.38. The summed E-state index contributed by atoms with van der Waals surface area (Å²) in [6, 6.07) is 4.23. The zero-order chi connectivity index (χ0) is 10.2. The maximum atomic E-state index is 13.3. The molecule has 76 valence electrons. The molecule has 2 nitrogen and oxygen atoms in total. The van der Waals surface area contributed by atoms with Crippen LogP contribution in [0.25, 0.3) is 0 Å². The molecule has 1 aromatic rings. The van der Waals surface area contributed by atoms with Crippen LogP contribution in [0, 0.1) is 0 Å². The topological polar surface area (TPSA) is 18.5 Å². The summed E-state index contributed by atoms with van der Waals surface area (Å²) in [6.45, 7) is 1.56. The number of fused-ring (bicyclic) bond motifs is 1. The van der Waals surface area contributed by atoms with Gasteiger partial charge in [0.25, 0.3) is 5.92 Å². The third kappa shape index (κ3) is 1.41. The summed E-state index contributed by atoms with van der Waals surface area (Å²) in [6.07, 6.45) is -0.216. The van der Waals surface area contributed by atoms with Crippen LogP contribution in [0.2, 0.25) is 0 Å². The van der Waals surface area contributed by atoms with Crippen molar-refractivity contribution in [2.75, 3.05) is 6.79 Å². The van der Waals surface area contributed by atoms with E-state index in [0.29, 0.717) is 11.5 Å². The Morgan fingerprint density at radius 3 is 2.71 bits per heavy atom. The second kappa shape index (κ2) is 3.12. The Kier molecular flexibility index (Phi) is 2.06. The fraction of sp³-hybridized carbons (Fsp3) is 0.400. The standard InChI is InChI=1S/C10H10F2O2/c1-2-10(11,12)7-3-4-8-9(5-7)14-6-13-8/h3-5H,2,6H2,1H3. The molecule has 0 saturated heterocycles. The molecule has 14 heavy (non-hydrogen) atoms. The summed E-state index contributed by atoms with van der Waals surface area (Å²) >= 11 is 0. The van der Waals surface area contributed by atoms with Gasteiger partial charge in [0.05, 0.1) is 0 Å². The number of halogens is 2. The third-order valence-corrected chi connectivity index (χ3v) is 2.24. The number of hydrogen-bond donors (Lipinski definition) is 0. The summed E-state index contributed by atoms with van der Waals surface area (Å²) in [5, 5.41) is 0. The molecular weight excluding hydrogens is 190 g/mol.